The van der Waals surface area contributed by atoms with Crippen molar-refractivity contribution in [1.82, 2.24) is 15.0 Å². The van der Waals surface area contributed by atoms with Gasteiger partial charge in [-0.05, 0) is 50.1 Å². The molecule has 2 amide bonds. The number of benzene rings is 2. The number of amides is 2. The molecular formula is C25H21N5O2S. The Kier molecular flexibility index (Phi) is 5.43. The molecule has 33 heavy (non-hydrogen) atoms. The average Bonchev–Trinajstić information content (AvgIpc) is 3.41. The van der Waals surface area contributed by atoms with E-state index in [0.717, 1.165) is 39.4 Å². The summed E-state index contributed by atoms with van der Waals surface area (Å²) in [6.45, 7) is 4.62. The molecule has 5 rings (SSSR count). The predicted octanol–water partition coefficient (Wildman–Crippen LogP) is 4.67. The minimum absolute atomic E-state index is 0.0176. The maximum Gasteiger partial charge on any atom is 0.277 e. The number of nitrogens with one attached hydrogen (secondary N) is 1. The van der Waals surface area contributed by atoms with Gasteiger partial charge in [0.05, 0.1) is 11.9 Å². The van der Waals surface area contributed by atoms with Crippen LogP contribution in [0.15, 0.2) is 61.1 Å². The number of aromatic nitrogens is 3. The number of fused-ring (bicyclic) bond motifs is 1. The first-order valence-electron chi connectivity index (χ1n) is 10.6. The van der Waals surface area contributed by atoms with Crippen molar-refractivity contribution in [2.75, 3.05) is 16.8 Å². The second-order valence-electron chi connectivity index (χ2n) is 7.89. The van der Waals surface area contributed by atoms with Gasteiger partial charge in [-0.1, -0.05) is 23.8 Å². The van der Waals surface area contributed by atoms with E-state index in [-0.39, 0.29) is 17.5 Å². The number of aryl methyl sites for hydroxylation is 2. The normalized spacial score (nSPS) is 12.5. The van der Waals surface area contributed by atoms with Crippen molar-refractivity contribution in [1.29, 1.82) is 0 Å². The van der Waals surface area contributed by atoms with Crippen molar-refractivity contribution in [2.24, 2.45) is 0 Å². The standard InChI is InChI=1S/C25H21N5O2S/c1-15-4-3-5-19(12-15)24(32)30-11-8-17-13-18(6-7-21(17)30)22-16(2)33-25(28-22)29-23(31)20-14-26-9-10-27-20/h3-7,9-10,12-14H,8,11H2,1-2H3,(H,28,29,31). The molecule has 0 atom stereocenters. The number of anilines is 2. The van der Waals surface area contributed by atoms with Gasteiger partial charge in [-0.15, -0.1) is 11.3 Å². The molecule has 2 aromatic heterocycles. The van der Waals surface area contributed by atoms with Crippen LogP contribution < -0.4 is 10.2 Å². The third-order valence-corrected chi connectivity index (χ3v) is 6.46. The van der Waals surface area contributed by atoms with Crippen LogP contribution in [0.5, 0.6) is 0 Å². The Balaban J connectivity index is 1.38. The molecule has 0 aliphatic carbocycles. The highest BCUT2D eigenvalue weighted by atomic mass is 32.1. The van der Waals surface area contributed by atoms with Crippen LogP contribution in [-0.2, 0) is 6.42 Å². The fourth-order valence-corrected chi connectivity index (χ4v) is 4.82. The summed E-state index contributed by atoms with van der Waals surface area (Å²) in [5.41, 5.74) is 5.85. The van der Waals surface area contributed by atoms with Gasteiger partial charge in [-0.25, -0.2) is 9.97 Å². The summed E-state index contributed by atoms with van der Waals surface area (Å²) in [5.74, 6) is -0.327. The van der Waals surface area contributed by atoms with E-state index in [1.807, 2.05) is 55.1 Å². The van der Waals surface area contributed by atoms with Crippen LogP contribution in [0.25, 0.3) is 11.3 Å². The van der Waals surface area contributed by atoms with Crippen LogP contribution in [0.3, 0.4) is 0 Å². The third-order valence-electron chi connectivity index (χ3n) is 5.57. The SMILES string of the molecule is Cc1cccc(C(=O)N2CCc3cc(-c4nc(NC(=O)c5cnccn5)sc4C)ccc32)c1. The summed E-state index contributed by atoms with van der Waals surface area (Å²) in [4.78, 5) is 40.9. The van der Waals surface area contributed by atoms with Gasteiger partial charge in [-0.2, -0.15) is 0 Å². The third kappa shape index (κ3) is 4.12. The fraction of sp³-hybridized carbons (Fsp3) is 0.160. The Morgan fingerprint density at radius 3 is 2.76 bits per heavy atom. The van der Waals surface area contributed by atoms with E-state index in [1.54, 1.807) is 0 Å². The van der Waals surface area contributed by atoms with Gasteiger partial charge < -0.3 is 4.90 Å². The van der Waals surface area contributed by atoms with E-state index < -0.39 is 0 Å². The highest BCUT2D eigenvalue weighted by molar-refractivity contribution is 7.16. The molecule has 164 valence electrons. The smallest absolute Gasteiger partial charge is 0.277 e. The Morgan fingerprint density at radius 1 is 1.09 bits per heavy atom. The fourth-order valence-electron chi connectivity index (χ4n) is 3.99. The number of rotatable bonds is 4. The molecule has 0 spiro atoms. The molecule has 1 aliphatic rings. The van der Waals surface area contributed by atoms with E-state index in [0.29, 0.717) is 17.2 Å². The lowest BCUT2D eigenvalue weighted by Gasteiger charge is -2.18. The Labute approximate surface area is 195 Å². The quantitative estimate of drug-likeness (QED) is 0.483. The molecule has 1 N–H and O–H groups in total. The lowest BCUT2D eigenvalue weighted by molar-refractivity contribution is 0.0987. The van der Waals surface area contributed by atoms with E-state index in [4.69, 9.17) is 0 Å². The molecule has 0 unspecified atom stereocenters. The van der Waals surface area contributed by atoms with Crippen LogP contribution in [0, 0.1) is 13.8 Å². The van der Waals surface area contributed by atoms with Crippen LogP contribution in [0.1, 0.15) is 36.9 Å². The molecule has 7 nitrogen and oxygen atoms in total. The maximum atomic E-state index is 13.1. The Bertz CT molecular complexity index is 1370. The largest absolute Gasteiger partial charge is 0.308 e. The summed E-state index contributed by atoms with van der Waals surface area (Å²) in [7, 11) is 0. The molecule has 2 aromatic carbocycles. The highest BCUT2D eigenvalue weighted by Gasteiger charge is 2.26. The van der Waals surface area contributed by atoms with Gasteiger partial charge in [-0.3, -0.25) is 19.9 Å². The zero-order valence-corrected chi connectivity index (χ0v) is 19.0. The van der Waals surface area contributed by atoms with Crippen LogP contribution in [0.4, 0.5) is 10.8 Å². The minimum Gasteiger partial charge on any atom is -0.308 e. The van der Waals surface area contributed by atoms with Crippen molar-refractivity contribution in [2.45, 2.75) is 20.3 Å². The summed E-state index contributed by atoms with van der Waals surface area (Å²) in [6, 6.07) is 13.7. The molecule has 1 aliphatic heterocycles. The topological polar surface area (TPSA) is 88.1 Å². The molecule has 3 heterocycles. The lowest BCUT2D eigenvalue weighted by Crippen LogP contribution is -2.28. The first-order chi connectivity index (χ1) is 16.0. The second-order valence-corrected chi connectivity index (χ2v) is 9.09. The Hall–Kier alpha value is -3.91. The number of hydrogen-bond donors (Lipinski definition) is 1. The predicted molar refractivity (Wildman–Crippen MR) is 129 cm³/mol. The van der Waals surface area contributed by atoms with Crippen molar-refractivity contribution >= 4 is 34.0 Å². The van der Waals surface area contributed by atoms with Crippen molar-refractivity contribution in [3.8, 4) is 11.3 Å². The monoisotopic (exact) mass is 455 g/mol. The summed E-state index contributed by atoms with van der Waals surface area (Å²) in [5, 5.41) is 3.31. The van der Waals surface area contributed by atoms with E-state index >= 15 is 0 Å². The number of carbonyl (C=O) groups excluding carboxylic acids is 2. The van der Waals surface area contributed by atoms with Gasteiger partial charge in [0.25, 0.3) is 11.8 Å². The van der Waals surface area contributed by atoms with E-state index in [1.165, 1.54) is 29.9 Å². The number of hydrogen-bond acceptors (Lipinski definition) is 6. The highest BCUT2D eigenvalue weighted by Crippen LogP contribution is 2.36. The van der Waals surface area contributed by atoms with E-state index in [9.17, 15) is 9.59 Å². The number of thiazole rings is 1. The van der Waals surface area contributed by atoms with Crippen LogP contribution >= 0.6 is 11.3 Å². The van der Waals surface area contributed by atoms with Crippen molar-refractivity contribution in [3.63, 3.8) is 0 Å². The van der Waals surface area contributed by atoms with Crippen LogP contribution in [0.2, 0.25) is 0 Å². The molecule has 4 aromatic rings. The lowest BCUT2D eigenvalue weighted by atomic mass is 10.1. The first kappa shape index (κ1) is 21.0. The minimum atomic E-state index is -0.345. The van der Waals surface area contributed by atoms with Gasteiger partial charge in [0.1, 0.15) is 5.69 Å². The molecule has 0 saturated carbocycles. The number of nitrogens with zero attached hydrogens (tertiary/aromatic N) is 4. The van der Waals surface area contributed by atoms with Crippen molar-refractivity contribution < 1.29 is 9.59 Å². The zero-order valence-electron chi connectivity index (χ0n) is 18.2. The van der Waals surface area contributed by atoms with Gasteiger partial charge in [0.2, 0.25) is 0 Å². The molecule has 0 fully saturated rings. The van der Waals surface area contributed by atoms with Gasteiger partial charge in [0.15, 0.2) is 5.13 Å². The van der Waals surface area contributed by atoms with Gasteiger partial charge in [0, 0.05) is 40.6 Å². The summed E-state index contributed by atoms with van der Waals surface area (Å²) in [6.07, 6.45) is 5.21. The molecule has 8 heteroatoms. The Morgan fingerprint density at radius 2 is 1.97 bits per heavy atom. The molecular weight excluding hydrogens is 434 g/mol. The van der Waals surface area contributed by atoms with Gasteiger partial charge >= 0.3 is 0 Å². The average molecular weight is 456 g/mol. The van der Waals surface area contributed by atoms with E-state index in [2.05, 4.69) is 26.3 Å². The summed E-state index contributed by atoms with van der Waals surface area (Å²) < 4.78 is 0. The zero-order chi connectivity index (χ0) is 22.9. The molecule has 0 bridgehead atoms. The second kappa shape index (κ2) is 8.55. The first-order valence-corrected chi connectivity index (χ1v) is 11.4. The van der Waals surface area contributed by atoms with Crippen molar-refractivity contribution in [3.05, 3.63) is 88.3 Å². The molecule has 0 saturated heterocycles. The molecule has 0 radical (unpaired) electrons. The maximum absolute atomic E-state index is 13.1. The summed E-state index contributed by atoms with van der Waals surface area (Å²) >= 11 is 1.41. The number of carbonyl (C=O) groups is 2. The van der Waals surface area contributed by atoms with Crippen LogP contribution in [-0.4, -0.2) is 33.3 Å².